The lowest BCUT2D eigenvalue weighted by Crippen LogP contribution is -3.14. The number of nitrogens with one attached hydrogen (secondary N) is 1. The van der Waals surface area contributed by atoms with Gasteiger partial charge in [0.2, 0.25) is 0 Å². The van der Waals surface area contributed by atoms with Crippen LogP contribution in [0.5, 0.6) is 0 Å². The summed E-state index contributed by atoms with van der Waals surface area (Å²) in [7, 11) is 0. The first-order valence-corrected chi connectivity index (χ1v) is 10.3. The van der Waals surface area contributed by atoms with E-state index in [9.17, 15) is 4.79 Å². The van der Waals surface area contributed by atoms with Gasteiger partial charge < -0.3 is 14.4 Å². The number of aromatic nitrogens is 1. The topological polar surface area (TPSA) is 29.7 Å². The lowest BCUT2D eigenvalue weighted by Gasteiger charge is -2.31. The second-order valence-corrected chi connectivity index (χ2v) is 8.01. The van der Waals surface area contributed by atoms with Crippen LogP contribution in [0.25, 0.3) is 10.2 Å². The lowest BCUT2D eigenvalue weighted by molar-refractivity contribution is -0.902. The zero-order valence-corrected chi connectivity index (χ0v) is 16.3. The van der Waals surface area contributed by atoms with Crippen molar-refractivity contribution < 1.29 is 9.69 Å². The van der Waals surface area contributed by atoms with E-state index in [-0.39, 0.29) is 5.91 Å². The number of piperazine rings is 1. The fourth-order valence-corrected chi connectivity index (χ4v) is 4.71. The Hall–Kier alpha value is -2.11. The van der Waals surface area contributed by atoms with Gasteiger partial charge in [-0.05, 0) is 42.5 Å². The summed E-state index contributed by atoms with van der Waals surface area (Å²) in [6.07, 6.45) is 0. The van der Waals surface area contributed by atoms with Gasteiger partial charge >= 0.3 is 0 Å². The van der Waals surface area contributed by atoms with E-state index >= 15 is 0 Å². The van der Waals surface area contributed by atoms with Crippen molar-refractivity contribution in [2.45, 2.75) is 20.4 Å². The van der Waals surface area contributed by atoms with Gasteiger partial charge in [-0.25, -0.2) is 0 Å². The van der Waals surface area contributed by atoms with Crippen molar-refractivity contribution in [3.05, 3.63) is 58.6 Å². The molecule has 4 rings (SSSR count). The average Bonchev–Trinajstić information content (AvgIpc) is 3.25. The van der Waals surface area contributed by atoms with Gasteiger partial charge in [0.15, 0.2) is 0 Å². The predicted molar refractivity (Wildman–Crippen MR) is 107 cm³/mol. The van der Waals surface area contributed by atoms with Crippen LogP contribution in [-0.4, -0.2) is 48.1 Å². The molecule has 5 heteroatoms. The molecular formula is C21H26N3OS+. The number of benzene rings is 1. The minimum Gasteiger partial charge on any atom is -0.332 e. The van der Waals surface area contributed by atoms with E-state index in [0.717, 1.165) is 45.0 Å². The minimum absolute atomic E-state index is 0.178. The summed E-state index contributed by atoms with van der Waals surface area (Å²) >= 11 is 1.72. The largest absolute Gasteiger partial charge is 0.332 e. The zero-order valence-electron chi connectivity index (χ0n) is 15.5. The molecule has 1 aliphatic rings. The van der Waals surface area contributed by atoms with Crippen LogP contribution < -0.4 is 4.90 Å². The number of thiophene rings is 1. The fourth-order valence-electron chi connectivity index (χ4n) is 3.81. The number of hydrogen-bond donors (Lipinski definition) is 1. The molecule has 0 atom stereocenters. The summed E-state index contributed by atoms with van der Waals surface area (Å²) in [5, 5.41) is 3.28. The van der Waals surface area contributed by atoms with Crippen LogP contribution in [0.2, 0.25) is 0 Å². The van der Waals surface area contributed by atoms with E-state index in [1.807, 2.05) is 4.90 Å². The molecule has 1 N–H and O–H groups in total. The highest BCUT2D eigenvalue weighted by atomic mass is 32.1. The van der Waals surface area contributed by atoms with E-state index in [1.54, 1.807) is 16.2 Å². The molecule has 0 unspecified atom stereocenters. The van der Waals surface area contributed by atoms with Crippen molar-refractivity contribution >= 4 is 27.5 Å². The van der Waals surface area contributed by atoms with Crippen molar-refractivity contribution in [1.29, 1.82) is 0 Å². The molecule has 1 amide bonds. The Kier molecular flexibility index (Phi) is 4.83. The maximum Gasteiger partial charge on any atom is 0.270 e. The maximum atomic E-state index is 13.3. The van der Waals surface area contributed by atoms with Crippen LogP contribution in [0, 0.1) is 6.92 Å². The first kappa shape index (κ1) is 17.3. The van der Waals surface area contributed by atoms with Gasteiger partial charge in [0, 0.05) is 11.9 Å². The van der Waals surface area contributed by atoms with Crippen molar-refractivity contribution in [3.8, 4) is 0 Å². The second kappa shape index (κ2) is 7.25. The number of nitrogens with zero attached hydrogens (tertiary/aromatic N) is 2. The maximum absolute atomic E-state index is 13.3. The first-order valence-electron chi connectivity index (χ1n) is 9.41. The van der Waals surface area contributed by atoms with E-state index in [1.165, 1.54) is 21.3 Å². The van der Waals surface area contributed by atoms with Gasteiger partial charge in [0.05, 0.1) is 32.7 Å². The number of carbonyl (C=O) groups is 1. The Morgan fingerprint density at radius 3 is 2.69 bits per heavy atom. The van der Waals surface area contributed by atoms with Crippen LogP contribution in [0.15, 0.2) is 41.8 Å². The molecule has 1 aliphatic heterocycles. The summed E-state index contributed by atoms with van der Waals surface area (Å²) in [5.74, 6) is 0.178. The Labute approximate surface area is 158 Å². The molecule has 136 valence electrons. The van der Waals surface area contributed by atoms with Crippen molar-refractivity contribution in [1.82, 2.24) is 9.47 Å². The number of carbonyl (C=O) groups excluding carboxylic acids is 1. The highest BCUT2D eigenvalue weighted by molar-refractivity contribution is 7.16. The van der Waals surface area contributed by atoms with Gasteiger partial charge in [-0.1, -0.05) is 24.3 Å². The summed E-state index contributed by atoms with van der Waals surface area (Å²) in [4.78, 5) is 18.1. The molecule has 0 bridgehead atoms. The third-order valence-electron chi connectivity index (χ3n) is 5.57. The molecule has 4 nitrogen and oxygen atoms in total. The van der Waals surface area contributed by atoms with E-state index < -0.39 is 0 Å². The molecule has 1 saturated heterocycles. The predicted octanol–water partition coefficient (Wildman–Crippen LogP) is 2.42. The Morgan fingerprint density at radius 2 is 1.96 bits per heavy atom. The van der Waals surface area contributed by atoms with E-state index in [2.05, 4.69) is 60.2 Å². The van der Waals surface area contributed by atoms with Crippen molar-refractivity contribution in [2.24, 2.45) is 0 Å². The number of likely N-dealkylation sites (N-methyl/N-ethyl adjacent to an activating group) is 1. The number of fused-ring (bicyclic) bond motifs is 1. The van der Waals surface area contributed by atoms with Crippen LogP contribution >= 0.6 is 11.3 Å². The number of hydrogen-bond acceptors (Lipinski definition) is 2. The normalized spacial score (nSPS) is 15.7. The molecule has 26 heavy (non-hydrogen) atoms. The average molecular weight is 369 g/mol. The lowest BCUT2D eigenvalue weighted by atomic mass is 10.1. The minimum atomic E-state index is 0.178. The molecule has 0 saturated carbocycles. The zero-order chi connectivity index (χ0) is 18.1. The van der Waals surface area contributed by atoms with Gasteiger partial charge in [0.1, 0.15) is 10.5 Å². The third-order valence-corrected chi connectivity index (χ3v) is 6.52. The third kappa shape index (κ3) is 3.17. The quantitative estimate of drug-likeness (QED) is 0.753. The molecule has 0 spiro atoms. The number of rotatable bonds is 4. The molecule has 3 aromatic rings. The van der Waals surface area contributed by atoms with Crippen LogP contribution in [0.1, 0.15) is 28.5 Å². The number of quaternary nitrogens is 1. The van der Waals surface area contributed by atoms with Crippen LogP contribution in [0.4, 0.5) is 0 Å². The molecule has 1 fully saturated rings. The smallest absolute Gasteiger partial charge is 0.270 e. The summed E-state index contributed by atoms with van der Waals surface area (Å²) in [6, 6.07) is 12.6. The van der Waals surface area contributed by atoms with E-state index in [4.69, 9.17) is 0 Å². The summed E-state index contributed by atoms with van der Waals surface area (Å²) in [6.45, 7) is 10.0. The van der Waals surface area contributed by atoms with Gasteiger partial charge in [0.25, 0.3) is 5.91 Å². The van der Waals surface area contributed by atoms with Crippen LogP contribution in [-0.2, 0) is 6.54 Å². The monoisotopic (exact) mass is 368 g/mol. The first-order chi connectivity index (χ1) is 12.7. The molecule has 3 heterocycles. The standard InChI is InChI=1S/C21H25N3OS/c1-3-22-9-11-23(12-10-22)20(25)19-14-17-8-13-26-21(17)24(19)15-18-7-5-4-6-16(18)2/h4-8,13-14H,3,9-12,15H2,1-2H3/p+1. The van der Waals surface area contributed by atoms with Crippen molar-refractivity contribution in [3.63, 3.8) is 0 Å². The van der Waals surface area contributed by atoms with Crippen LogP contribution in [0.3, 0.4) is 0 Å². The summed E-state index contributed by atoms with van der Waals surface area (Å²) in [5.41, 5.74) is 3.37. The highest BCUT2D eigenvalue weighted by Crippen LogP contribution is 2.27. The van der Waals surface area contributed by atoms with Gasteiger partial charge in [-0.15, -0.1) is 11.3 Å². The number of amides is 1. The number of aryl methyl sites for hydroxylation is 1. The van der Waals surface area contributed by atoms with E-state index in [0.29, 0.717) is 0 Å². The fraction of sp³-hybridized carbons (Fsp3) is 0.381. The Balaban J connectivity index is 1.66. The van der Waals surface area contributed by atoms with Crippen molar-refractivity contribution in [2.75, 3.05) is 32.7 Å². The summed E-state index contributed by atoms with van der Waals surface area (Å²) < 4.78 is 2.21. The Morgan fingerprint density at radius 1 is 1.19 bits per heavy atom. The van der Waals surface area contributed by atoms with Gasteiger partial charge in [-0.2, -0.15) is 0 Å². The molecular weight excluding hydrogens is 342 g/mol. The highest BCUT2D eigenvalue weighted by Gasteiger charge is 2.26. The molecule has 0 radical (unpaired) electrons. The molecule has 1 aromatic carbocycles. The second-order valence-electron chi connectivity index (χ2n) is 7.12. The molecule has 2 aromatic heterocycles. The Bertz CT molecular complexity index is 918. The van der Waals surface area contributed by atoms with Gasteiger partial charge in [-0.3, -0.25) is 4.79 Å². The molecule has 0 aliphatic carbocycles. The SMILES string of the molecule is CC[NH+]1CCN(C(=O)c2cc3ccsc3n2Cc2ccccc2C)CC1.